The smallest absolute Gasteiger partial charge is 0.407 e. The maximum atomic E-state index is 13.6. The molecule has 1 saturated carbocycles. The highest BCUT2D eigenvalue weighted by molar-refractivity contribution is 7.59. The fraction of sp³-hybridized carbons (Fsp3) is 0.465. The van der Waals surface area contributed by atoms with E-state index in [1.807, 2.05) is 24.9 Å². The number of methoxy groups -OCH3 is 1. The van der Waals surface area contributed by atoms with Gasteiger partial charge in [0.1, 0.15) is 17.7 Å². The number of alkyl carbamates (subject to hydrolysis) is 1. The van der Waals surface area contributed by atoms with Crippen molar-refractivity contribution in [1.29, 1.82) is 0 Å². The second kappa shape index (κ2) is 18.6. The minimum Gasteiger partial charge on any atom is -0.453 e. The van der Waals surface area contributed by atoms with Crippen LogP contribution in [-0.4, -0.2) is 73.9 Å². The van der Waals surface area contributed by atoms with Gasteiger partial charge in [0.15, 0.2) is 0 Å². The highest BCUT2D eigenvalue weighted by Gasteiger charge is 2.54. The van der Waals surface area contributed by atoms with E-state index in [1.54, 1.807) is 0 Å². The molecule has 2 aromatic heterocycles. The number of ether oxygens (including phenoxy) is 1. The van der Waals surface area contributed by atoms with Crippen LogP contribution in [0.15, 0.2) is 60.8 Å². The maximum Gasteiger partial charge on any atom is 0.407 e. The number of carbonyl (C=O) groups excluding carboxylic acids is 3. The van der Waals surface area contributed by atoms with E-state index in [0.717, 1.165) is 81.6 Å². The van der Waals surface area contributed by atoms with Crippen LogP contribution in [0.3, 0.4) is 0 Å². The van der Waals surface area contributed by atoms with E-state index in [0.29, 0.717) is 12.5 Å². The number of amides is 3. The van der Waals surface area contributed by atoms with Gasteiger partial charge in [0.25, 0.3) is 0 Å². The van der Waals surface area contributed by atoms with Crippen molar-refractivity contribution in [3.05, 3.63) is 72.4 Å². The molecular weight excluding hydrogens is 807 g/mol. The van der Waals surface area contributed by atoms with E-state index in [-0.39, 0.29) is 95.1 Å². The number of aromatic nitrogens is 4. The van der Waals surface area contributed by atoms with Crippen molar-refractivity contribution in [3.8, 4) is 22.4 Å². The van der Waals surface area contributed by atoms with Crippen LogP contribution in [0.4, 0.5) is 4.79 Å². The lowest BCUT2D eigenvalue weighted by Crippen LogP contribution is -2.51. The number of fused-ring (bicyclic) bond motifs is 2. The average molecular weight is 866 g/mol. The Morgan fingerprint density at radius 3 is 2.10 bits per heavy atom. The Morgan fingerprint density at radius 2 is 1.45 bits per heavy atom. The number of benzene rings is 3. The van der Waals surface area contributed by atoms with Crippen LogP contribution in [-0.2, 0) is 14.3 Å². The van der Waals surface area contributed by atoms with Gasteiger partial charge in [0.05, 0.1) is 42.1 Å². The van der Waals surface area contributed by atoms with Gasteiger partial charge in [-0.2, -0.15) is 54.0 Å². The van der Waals surface area contributed by atoms with Crippen molar-refractivity contribution in [2.75, 3.05) is 20.2 Å². The molecule has 3 N–H and O–H groups in total. The van der Waals surface area contributed by atoms with E-state index in [9.17, 15) is 14.4 Å². The number of H-pyrrole nitrogens is 2. The number of hydrogen-bond donors (Lipinski definition) is 3. The number of rotatable bonds is 9. The number of imidazole rings is 2. The summed E-state index contributed by atoms with van der Waals surface area (Å²) in [4.78, 5) is 59.9. The normalized spacial score (nSPS) is 19.0. The Hall–Kier alpha value is -3.79. The van der Waals surface area contributed by atoms with Crippen LogP contribution in [0.1, 0.15) is 90.5 Å². The predicted molar refractivity (Wildman–Crippen MR) is 251 cm³/mol. The molecule has 1 aliphatic carbocycles. The number of likely N-dealkylation sites (tertiary alicyclic amines) is 2. The van der Waals surface area contributed by atoms with Gasteiger partial charge in [-0.15, -0.1) is 0 Å². The number of nitrogens with one attached hydrogen (secondary N) is 3. The molecule has 1 spiro atoms. The molecule has 4 atom stereocenters. The summed E-state index contributed by atoms with van der Waals surface area (Å²) in [7, 11) is 1.30. The second-order valence-corrected chi connectivity index (χ2v) is 16.6. The third kappa shape index (κ3) is 9.02. The summed E-state index contributed by atoms with van der Waals surface area (Å²) >= 11 is 0. The zero-order chi connectivity index (χ0) is 37.9. The third-order valence-electron chi connectivity index (χ3n) is 12.3. The molecule has 5 aromatic rings. The van der Waals surface area contributed by atoms with E-state index in [4.69, 9.17) is 14.7 Å². The molecule has 0 bridgehead atoms. The van der Waals surface area contributed by atoms with Gasteiger partial charge in [-0.25, -0.2) is 14.8 Å². The van der Waals surface area contributed by atoms with Crippen LogP contribution >= 0.6 is 54.0 Å². The van der Waals surface area contributed by atoms with Crippen LogP contribution in [0.5, 0.6) is 0 Å². The van der Waals surface area contributed by atoms with Crippen molar-refractivity contribution < 1.29 is 19.1 Å². The molecule has 3 aliphatic rings. The lowest BCUT2D eigenvalue weighted by atomic mass is 9.96. The predicted octanol–water partition coefficient (Wildman–Crippen LogP) is 8.61. The van der Waals surface area contributed by atoms with Crippen LogP contribution in [0, 0.1) is 23.2 Å². The van der Waals surface area contributed by atoms with Gasteiger partial charge in [-0.3, -0.25) is 9.59 Å². The Kier molecular flexibility index (Phi) is 15.1. The molecule has 3 fully saturated rings. The van der Waals surface area contributed by atoms with Crippen molar-refractivity contribution in [1.82, 2.24) is 35.1 Å². The fourth-order valence-corrected chi connectivity index (χ4v) is 8.42. The highest BCUT2D eigenvalue weighted by atomic mass is 32.1. The molecule has 15 heteroatoms. The van der Waals surface area contributed by atoms with E-state index in [2.05, 4.69) is 95.6 Å². The molecular formula is C43H59N7O4S4. The van der Waals surface area contributed by atoms with Gasteiger partial charge in [0, 0.05) is 24.6 Å². The zero-order valence-electron chi connectivity index (χ0n) is 34.1. The topological polar surface area (TPSA) is 136 Å². The van der Waals surface area contributed by atoms with Gasteiger partial charge in [0.2, 0.25) is 11.8 Å². The van der Waals surface area contributed by atoms with E-state index >= 15 is 0 Å². The fourth-order valence-electron chi connectivity index (χ4n) is 8.42. The summed E-state index contributed by atoms with van der Waals surface area (Å²) in [6, 6.07) is 18.4. The maximum absolute atomic E-state index is 13.6. The third-order valence-corrected chi connectivity index (χ3v) is 12.3. The number of carbonyl (C=O) groups is 3. The van der Waals surface area contributed by atoms with Gasteiger partial charge < -0.3 is 29.8 Å². The first-order chi connectivity index (χ1) is 25.9. The first-order valence-electron chi connectivity index (χ1n) is 19.5. The van der Waals surface area contributed by atoms with Gasteiger partial charge >= 0.3 is 6.09 Å². The number of aromatic amines is 2. The molecule has 2 aliphatic heterocycles. The Balaban J connectivity index is 0.00000186. The van der Waals surface area contributed by atoms with Gasteiger partial charge in [-0.05, 0) is 95.5 Å². The Bertz CT molecular complexity index is 2250. The first-order valence-corrected chi connectivity index (χ1v) is 19.5. The van der Waals surface area contributed by atoms with Crippen molar-refractivity contribution in [2.45, 2.75) is 84.8 Å². The molecule has 4 heterocycles. The lowest BCUT2D eigenvalue weighted by Gasteiger charge is -2.30. The molecule has 11 nitrogen and oxygen atoms in total. The van der Waals surface area contributed by atoms with Crippen LogP contribution in [0.2, 0.25) is 0 Å². The van der Waals surface area contributed by atoms with Crippen LogP contribution < -0.4 is 5.32 Å². The Morgan fingerprint density at radius 1 is 0.793 bits per heavy atom. The summed E-state index contributed by atoms with van der Waals surface area (Å²) in [5.74, 6) is 1.95. The zero-order valence-corrected chi connectivity index (χ0v) is 38.1. The van der Waals surface area contributed by atoms with Crippen molar-refractivity contribution in [3.63, 3.8) is 0 Å². The minimum atomic E-state index is -0.676. The second-order valence-electron chi connectivity index (χ2n) is 16.6. The molecule has 8 rings (SSSR count). The van der Waals surface area contributed by atoms with Gasteiger partial charge in [-0.1, -0.05) is 65.0 Å². The number of hydrogen-bond acceptors (Lipinski definition) is 6. The Labute approximate surface area is 369 Å². The quantitative estimate of drug-likeness (QED) is 0.136. The van der Waals surface area contributed by atoms with Crippen molar-refractivity contribution in [2.24, 2.45) is 23.2 Å². The lowest BCUT2D eigenvalue weighted by molar-refractivity contribution is -0.137. The standard InChI is InChI=1S/C43H51N7O4.4H2S/c1-24(2)26(5)40(51)50-23-43(15-16-43)21-36(50)39-45-32-14-13-30(20-33(32)46-39)28-9-10-29-19-31(12-11-27(29)18-28)34-22-44-38(47-34)35-8-7-17-49(35)41(52)37(25(3)4)48-42(53)54-6;;;;/h9-14,18-20,22,24-26,35-37H,7-8,15-17,21,23H2,1-6H3,(H,44,47)(H,45,46)(H,48,53);4*1H2/t26-,35-,36-,37-;;;;/m0..../s1. The summed E-state index contributed by atoms with van der Waals surface area (Å²) in [5, 5.41) is 4.95. The monoisotopic (exact) mass is 865 g/mol. The summed E-state index contributed by atoms with van der Waals surface area (Å²) < 4.78 is 4.77. The molecule has 0 unspecified atom stereocenters. The van der Waals surface area contributed by atoms with Crippen molar-refractivity contribution >= 4 is 93.7 Å². The highest BCUT2D eigenvalue weighted by Crippen LogP contribution is 2.58. The summed E-state index contributed by atoms with van der Waals surface area (Å²) in [6.45, 7) is 11.6. The molecule has 0 radical (unpaired) electrons. The van der Waals surface area contributed by atoms with E-state index in [1.165, 1.54) is 20.0 Å². The molecule has 58 heavy (non-hydrogen) atoms. The largest absolute Gasteiger partial charge is 0.453 e. The van der Waals surface area contributed by atoms with Crippen LogP contribution in [0.25, 0.3) is 44.2 Å². The summed E-state index contributed by atoms with van der Waals surface area (Å²) in [6.07, 6.45) is 6.25. The number of nitrogens with zero attached hydrogens (tertiary/aromatic N) is 4. The first kappa shape index (κ1) is 46.9. The van der Waals surface area contributed by atoms with E-state index < -0.39 is 12.1 Å². The average Bonchev–Trinajstić information content (AvgIpc) is 3.66. The molecule has 3 amide bonds. The molecule has 2 saturated heterocycles. The molecule has 314 valence electrons. The summed E-state index contributed by atoms with van der Waals surface area (Å²) in [5.41, 5.74) is 6.29. The molecule has 3 aromatic carbocycles. The SMILES string of the molecule is COC(=O)N[C@H](C(=O)N1CCC[C@H]1c1ncc(-c2ccc3cc(-c4ccc5nc([C@@H]6CC7(CC7)CN6C(=O)[C@@H](C)C(C)C)[nH]c5c4)ccc3c2)[nH]1)C(C)C.S.S.S.S. The minimum absolute atomic E-state index is 0.